The second-order valence-electron chi connectivity index (χ2n) is 8.21. The van der Waals surface area contributed by atoms with Crippen LogP contribution in [-0.4, -0.2) is 30.8 Å². The zero-order valence-corrected chi connectivity index (χ0v) is 16.2. The Kier molecular flexibility index (Phi) is 6.16. The molecule has 1 fully saturated rings. The molecule has 2 N–H and O–H groups in total. The maximum Gasteiger partial charge on any atom is 0.161 e. The number of piperidine rings is 1. The van der Waals surface area contributed by atoms with Crippen molar-refractivity contribution < 1.29 is 9.47 Å². The largest absolute Gasteiger partial charge is 0.493 e. The molecule has 4 nitrogen and oxygen atoms in total. The van der Waals surface area contributed by atoms with Crippen LogP contribution >= 0.6 is 0 Å². The van der Waals surface area contributed by atoms with Gasteiger partial charge in [0.05, 0.1) is 13.7 Å². The first-order valence-electron chi connectivity index (χ1n) is 9.07. The molecule has 0 spiro atoms. The monoisotopic (exact) mass is 334 g/mol. The maximum atomic E-state index is 5.73. The van der Waals surface area contributed by atoms with Crippen LogP contribution in [0.4, 0.5) is 0 Å². The summed E-state index contributed by atoms with van der Waals surface area (Å²) in [5, 5.41) is 7.46. The van der Waals surface area contributed by atoms with E-state index in [0.29, 0.717) is 12.6 Å². The van der Waals surface area contributed by atoms with Crippen LogP contribution in [0.5, 0.6) is 11.5 Å². The van der Waals surface area contributed by atoms with Crippen molar-refractivity contribution in [3.8, 4) is 11.5 Å². The van der Waals surface area contributed by atoms with Crippen molar-refractivity contribution in [2.45, 2.75) is 77.5 Å². The highest BCUT2D eigenvalue weighted by atomic mass is 16.5. The second kappa shape index (κ2) is 7.75. The highest BCUT2D eigenvalue weighted by Crippen LogP contribution is 2.30. The lowest BCUT2D eigenvalue weighted by atomic mass is 9.79. The van der Waals surface area contributed by atoms with E-state index in [9.17, 15) is 0 Å². The van der Waals surface area contributed by atoms with Crippen molar-refractivity contribution in [2.75, 3.05) is 13.7 Å². The van der Waals surface area contributed by atoms with E-state index in [1.165, 1.54) is 5.56 Å². The zero-order valence-electron chi connectivity index (χ0n) is 16.2. The fourth-order valence-corrected chi connectivity index (χ4v) is 3.88. The lowest BCUT2D eigenvalue weighted by molar-refractivity contribution is 0.145. The van der Waals surface area contributed by atoms with E-state index in [-0.39, 0.29) is 11.1 Å². The number of methoxy groups -OCH3 is 1. The molecule has 1 aliphatic heterocycles. The van der Waals surface area contributed by atoms with Gasteiger partial charge in [-0.05, 0) is 64.7 Å². The zero-order chi connectivity index (χ0) is 17.8. The highest BCUT2D eigenvalue weighted by molar-refractivity contribution is 5.43. The molecule has 1 aromatic rings. The molecule has 0 bridgehead atoms. The van der Waals surface area contributed by atoms with Gasteiger partial charge in [-0.15, -0.1) is 0 Å². The first kappa shape index (κ1) is 19.1. The normalized spacial score (nSPS) is 19.9. The van der Waals surface area contributed by atoms with Crippen LogP contribution in [0.3, 0.4) is 0 Å². The van der Waals surface area contributed by atoms with Gasteiger partial charge in [0.15, 0.2) is 11.5 Å². The summed E-state index contributed by atoms with van der Waals surface area (Å²) in [4.78, 5) is 0. The molecule has 1 aromatic carbocycles. The molecule has 0 aliphatic carbocycles. The van der Waals surface area contributed by atoms with Crippen LogP contribution in [0.25, 0.3) is 0 Å². The van der Waals surface area contributed by atoms with Crippen molar-refractivity contribution >= 4 is 0 Å². The van der Waals surface area contributed by atoms with Gasteiger partial charge in [0.2, 0.25) is 0 Å². The Bertz CT molecular complexity index is 524. The summed E-state index contributed by atoms with van der Waals surface area (Å²) >= 11 is 0. The minimum Gasteiger partial charge on any atom is -0.493 e. The Morgan fingerprint density at radius 2 is 1.79 bits per heavy atom. The van der Waals surface area contributed by atoms with Crippen molar-refractivity contribution in [1.82, 2.24) is 10.6 Å². The molecule has 4 heteroatoms. The lowest BCUT2D eigenvalue weighted by Gasteiger charge is -2.46. The van der Waals surface area contributed by atoms with Gasteiger partial charge >= 0.3 is 0 Å². The quantitative estimate of drug-likeness (QED) is 0.794. The summed E-state index contributed by atoms with van der Waals surface area (Å²) in [5.41, 5.74) is 1.55. The highest BCUT2D eigenvalue weighted by Gasteiger charge is 2.37. The smallest absolute Gasteiger partial charge is 0.161 e. The molecule has 24 heavy (non-hydrogen) atoms. The third-order valence-corrected chi connectivity index (χ3v) is 4.47. The molecule has 0 saturated carbocycles. The van der Waals surface area contributed by atoms with Gasteiger partial charge in [-0.2, -0.15) is 0 Å². The van der Waals surface area contributed by atoms with Crippen molar-refractivity contribution in [3.05, 3.63) is 23.8 Å². The average Bonchev–Trinajstić information content (AvgIpc) is 2.48. The van der Waals surface area contributed by atoms with Crippen molar-refractivity contribution in [1.29, 1.82) is 0 Å². The summed E-state index contributed by atoms with van der Waals surface area (Å²) in [6, 6.07) is 6.73. The number of nitrogens with one attached hydrogen (secondary N) is 2. The fourth-order valence-electron chi connectivity index (χ4n) is 3.88. The lowest BCUT2D eigenvalue weighted by Crippen LogP contribution is -2.61. The summed E-state index contributed by atoms with van der Waals surface area (Å²) in [6.07, 6.45) is 3.25. The Morgan fingerprint density at radius 3 is 2.38 bits per heavy atom. The molecular formula is C20H34N2O2. The number of hydrogen-bond acceptors (Lipinski definition) is 4. The number of hydrogen-bond donors (Lipinski definition) is 2. The minimum absolute atomic E-state index is 0.162. The average molecular weight is 335 g/mol. The predicted molar refractivity (Wildman–Crippen MR) is 99.9 cm³/mol. The minimum atomic E-state index is 0.162. The van der Waals surface area contributed by atoms with E-state index in [4.69, 9.17) is 9.47 Å². The van der Waals surface area contributed by atoms with E-state index in [0.717, 1.165) is 37.3 Å². The number of benzene rings is 1. The van der Waals surface area contributed by atoms with Crippen LogP contribution in [0.15, 0.2) is 18.2 Å². The summed E-state index contributed by atoms with van der Waals surface area (Å²) in [7, 11) is 1.70. The third-order valence-electron chi connectivity index (χ3n) is 4.47. The molecule has 1 saturated heterocycles. The van der Waals surface area contributed by atoms with Gasteiger partial charge in [0.25, 0.3) is 0 Å². The maximum absolute atomic E-state index is 5.73. The van der Waals surface area contributed by atoms with E-state index < -0.39 is 0 Å². The van der Waals surface area contributed by atoms with Crippen molar-refractivity contribution in [2.24, 2.45) is 0 Å². The molecule has 1 heterocycles. The standard InChI is InChI=1S/C20H34N2O2/c1-7-10-24-17-9-8-15(11-18(17)23-6)14-21-16-12-19(2,3)22-20(4,5)13-16/h8-9,11,16,21-22H,7,10,12-14H2,1-6H3. The predicted octanol–water partition coefficient (Wildman–Crippen LogP) is 3.88. The molecule has 2 rings (SSSR count). The topological polar surface area (TPSA) is 42.5 Å². The van der Waals surface area contributed by atoms with Crippen LogP contribution in [0, 0.1) is 0 Å². The van der Waals surface area contributed by atoms with E-state index in [2.05, 4.69) is 57.4 Å². The number of rotatable bonds is 7. The summed E-state index contributed by atoms with van der Waals surface area (Å²) < 4.78 is 11.2. The van der Waals surface area contributed by atoms with Gasteiger partial charge in [-0.3, -0.25) is 0 Å². The van der Waals surface area contributed by atoms with Gasteiger partial charge in [-0.1, -0.05) is 13.0 Å². The summed E-state index contributed by atoms with van der Waals surface area (Å²) in [5.74, 6) is 1.64. The third kappa shape index (κ3) is 5.38. The van der Waals surface area contributed by atoms with Gasteiger partial charge in [0.1, 0.15) is 0 Å². The molecule has 136 valence electrons. The van der Waals surface area contributed by atoms with Crippen LogP contribution in [0.1, 0.15) is 59.4 Å². The van der Waals surface area contributed by atoms with Crippen molar-refractivity contribution in [3.63, 3.8) is 0 Å². The molecule has 0 unspecified atom stereocenters. The Morgan fingerprint density at radius 1 is 1.12 bits per heavy atom. The molecule has 1 aliphatic rings. The molecular weight excluding hydrogens is 300 g/mol. The summed E-state index contributed by atoms with van der Waals surface area (Å²) in [6.45, 7) is 12.8. The first-order chi connectivity index (χ1) is 11.2. The molecule has 0 aromatic heterocycles. The van der Waals surface area contributed by atoms with Gasteiger partial charge in [0, 0.05) is 23.7 Å². The van der Waals surface area contributed by atoms with Crippen LogP contribution in [0.2, 0.25) is 0 Å². The van der Waals surface area contributed by atoms with E-state index in [1.54, 1.807) is 7.11 Å². The fraction of sp³-hybridized carbons (Fsp3) is 0.700. The van der Waals surface area contributed by atoms with Gasteiger partial charge in [-0.25, -0.2) is 0 Å². The molecule has 0 radical (unpaired) electrons. The SMILES string of the molecule is CCCOc1ccc(CNC2CC(C)(C)NC(C)(C)C2)cc1OC. The Balaban J connectivity index is 1.98. The Labute approximate surface area is 147 Å². The van der Waals surface area contributed by atoms with Crippen LogP contribution < -0.4 is 20.1 Å². The van der Waals surface area contributed by atoms with E-state index >= 15 is 0 Å². The number of ether oxygens (including phenoxy) is 2. The molecule has 0 amide bonds. The second-order valence-corrected chi connectivity index (χ2v) is 8.21. The van der Waals surface area contributed by atoms with Gasteiger partial charge < -0.3 is 20.1 Å². The molecule has 0 atom stereocenters. The van der Waals surface area contributed by atoms with Crippen LogP contribution in [-0.2, 0) is 6.54 Å². The first-order valence-corrected chi connectivity index (χ1v) is 9.07. The van der Waals surface area contributed by atoms with E-state index in [1.807, 2.05) is 6.07 Å². The Hall–Kier alpha value is -1.26.